The van der Waals surface area contributed by atoms with Crippen LogP contribution in [0.4, 0.5) is 11.4 Å². The zero-order valence-corrected chi connectivity index (χ0v) is 21.9. The average Bonchev–Trinajstić information content (AvgIpc) is 3.58. The van der Waals surface area contributed by atoms with Crippen LogP contribution >= 0.6 is 0 Å². The van der Waals surface area contributed by atoms with Gasteiger partial charge in [-0.25, -0.2) is 0 Å². The molecule has 4 rings (SSSR count). The van der Waals surface area contributed by atoms with E-state index >= 15 is 0 Å². The number of amidine groups is 1. The Morgan fingerprint density at radius 3 is 2.62 bits per heavy atom. The van der Waals surface area contributed by atoms with Gasteiger partial charge in [0.1, 0.15) is 29.1 Å². The fourth-order valence-electron chi connectivity index (χ4n) is 4.37. The van der Waals surface area contributed by atoms with Gasteiger partial charge in [-0.3, -0.25) is 29.0 Å². The maximum atomic E-state index is 13.2. The first-order valence-electron chi connectivity index (χ1n) is 12.0. The van der Waals surface area contributed by atoms with Crippen molar-refractivity contribution in [2.75, 3.05) is 26.0 Å². The normalized spacial score (nSPS) is 14.4. The van der Waals surface area contributed by atoms with Gasteiger partial charge in [-0.2, -0.15) is 0 Å². The van der Waals surface area contributed by atoms with E-state index in [0.29, 0.717) is 16.6 Å². The van der Waals surface area contributed by atoms with Gasteiger partial charge in [0.25, 0.3) is 17.5 Å². The number of nitrogens with zero attached hydrogens (tertiary/aromatic N) is 4. The Bertz CT molecular complexity index is 1630. The van der Waals surface area contributed by atoms with Crippen LogP contribution in [0.25, 0.3) is 10.9 Å². The molecule has 0 saturated carbocycles. The summed E-state index contributed by atoms with van der Waals surface area (Å²) >= 11 is 0. The molecule has 0 radical (unpaired) electrons. The predicted octanol–water partition coefficient (Wildman–Crippen LogP) is 1.46. The maximum absolute atomic E-state index is 13.2. The summed E-state index contributed by atoms with van der Waals surface area (Å²) in [7, 11) is 5.11. The summed E-state index contributed by atoms with van der Waals surface area (Å²) in [5.74, 6) is -1.54. The minimum absolute atomic E-state index is 0.00620. The summed E-state index contributed by atoms with van der Waals surface area (Å²) in [6, 6.07) is 7.60. The number of fused-ring (bicyclic) bond motifs is 1. The van der Waals surface area contributed by atoms with Crippen molar-refractivity contribution in [1.82, 2.24) is 20.2 Å². The molecule has 0 saturated heterocycles. The molecular weight excluding hydrogens is 522 g/mol. The molecule has 0 atom stereocenters. The summed E-state index contributed by atoms with van der Waals surface area (Å²) in [6.07, 6.45) is 4.81. The number of nitro groups is 1. The summed E-state index contributed by atoms with van der Waals surface area (Å²) in [5, 5.41) is 31.3. The molecule has 3 heterocycles. The van der Waals surface area contributed by atoms with Crippen LogP contribution in [0.15, 0.2) is 65.4 Å². The second-order valence-electron chi connectivity index (χ2n) is 9.48. The molecule has 0 aliphatic carbocycles. The van der Waals surface area contributed by atoms with Crippen LogP contribution in [-0.2, 0) is 11.8 Å². The quantitative estimate of drug-likeness (QED) is 0.0576. The Balaban J connectivity index is 1.48. The fourth-order valence-corrected chi connectivity index (χ4v) is 4.37. The number of carbonyl (C=O) groups is 3. The number of oxime groups is 1. The number of carbonyl (C=O) groups excluding carboxylic acids is 3. The maximum Gasteiger partial charge on any atom is 0.310 e. The number of allylic oxidation sites excluding steroid dienone is 1. The molecule has 0 unspecified atom stereocenters. The van der Waals surface area contributed by atoms with Gasteiger partial charge in [0.2, 0.25) is 5.70 Å². The van der Waals surface area contributed by atoms with Gasteiger partial charge in [-0.15, -0.1) is 0 Å². The van der Waals surface area contributed by atoms with Crippen LogP contribution in [0, 0.1) is 10.1 Å². The lowest BCUT2D eigenvalue weighted by Gasteiger charge is -2.22. The standard InChI is InChI=1S/C25H27N9O6/c1-32-17-5-4-6-18(33(39)40)15(17)12-19(32)23(35)29-14-11-20(34(2,3)13-14)24(36)30-16-7-9-27-22(16)25(37)28-10-8-21(26)31-38/h4-7,9,11-13H,8,10H2,1-3H3,(H6-,26,27,28,29,30,31,35,36,37,38)/p+1. The Labute approximate surface area is 227 Å². The van der Waals surface area contributed by atoms with E-state index in [1.54, 1.807) is 44.0 Å². The summed E-state index contributed by atoms with van der Waals surface area (Å²) in [4.78, 5) is 52.5. The number of aryl methyl sites for hydroxylation is 1. The molecular formula is C25H28N9O6+. The van der Waals surface area contributed by atoms with Crippen molar-refractivity contribution in [3.8, 4) is 0 Å². The summed E-state index contributed by atoms with van der Waals surface area (Å²) in [5.41, 5.74) is 7.02. The lowest BCUT2D eigenvalue weighted by atomic mass is 10.2. The highest BCUT2D eigenvalue weighted by atomic mass is 16.6. The van der Waals surface area contributed by atoms with E-state index in [4.69, 9.17) is 10.9 Å². The molecule has 40 heavy (non-hydrogen) atoms. The van der Waals surface area contributed by atoms with E-state index in [2.05, 4.69) is 26.1 Å². The molecule has 0 fully saturated rings. The number of benzene rings is 1. The van der Waals surface area contributed by atoms with Crippen molar-refractivity contribution < 1.29 is 29.0 Å². The van der Waals surface area contributed by atoms with Crippen molar-refractivity contribution in [1.29, 1.82) is 0 Å². The lowest BCUT2D eigenvalue weighted by Crippen LogP contribution is -2.37. The number of non-ortho nitro benzene ring substituents is 1. The van der Waals surface area contributed by atoms with E-state index in [9.17, 15) is 24.5 Å². The van der Waals surface area contributed by atoms with Gasteiger partial charge in [0.15, 0.2) is 0 Å². The van der Waals surface area contributed by atoms with Gasteiger partial charge >= 0.3 is 5.91 Å². The van der Waals surface area contributed by atoms with Crippen molar-refractivity contribution in [2.24, 2.45) is 17.9 Å². The number of anilines is 1. The molecule has 3 aromatic rings. The third-order valence-electron chi connectivity index (χ3n) is 6.38. The molecule has 208 valence electrons. The number of hydrogen-bond acceptors (Lipinski definition) is 7. The average molecular weight is 551 g/mol. The second-order valence-corrected chi connectivity index (χ2v) is 9.48. The first-order chi connectivity index (χ1) is 18.9. The first kappa shape index (κ1) is 27.6. The monoisotopic (exact) mass is 550 g/mol. The number of amides is 3. The van der Waals surface area contributed by atoms with E-state index < -0.39 is 22.6 Å². The highest BCUT2D eigenvalue weighted by Gasteiger charge is 2.35. The molecule has 0 spiro atoms. The summed E-state index contributed by atoms with van der Waals surface area (Å²) in [6.45, 7) is 0.118. The van der Waals surface area contributed by atoms with E-state index in [0.717, 1.165) is 0 Å². The van der Waals surface area contributed by atoms with E-state index in [1.165, 1.54) is 30.5 Å². The lowest BCUT2D eigenvalue weighted by molar-refractivity contribution is -0.791. The number of quaternary nitrogens is 1. The van der Waals surface area contributed by atoms with Crippen molar-refractivity contribution in [2.45, 2.75) is 6.42 Å². The molecule has 1 aromatic carbocycles. The smallest absolute Gasteiger partial charge is 0.310 e. The van der Waals surface area contributed by atoms with Crippen LogP contribution in [0.2, 0.25) is 0 Å². The zero-order chi connectivity index (χ0) is 29.2. The molecule has 15 heteroatoms. The van der Waals surface area contributed by atoms with Crippen LogP contribution in [0.1, 0.15) is 27.4 Å². The highest BCUT2D eigenvalue weighted by Crippen LogP contribution is 2.29. The third kappa shape index (κ3) is 5.39. The highest BCUT2D eigenvalue weighted by molar-refractivity contribution is 6.08. The number of H-pyrrole nitrogens is 1. The second kappa shape index (κ2) is 10.7. The van der Waals surface area contributed by atoms with Gasteiger partial charge in [0, 0.05) is 38.4 Å². The van der Waals surface area contributed by atoms with Gasteiger partial charge in [-0.05, 0) is 18.2 Å². The van der Waals surface area contributed by atoms with Crippen molar-refractivity contribution in [3.63, 3.8) is 0 Å². The Hall–Kier alpha value is -5.44. The fraction of sp³-hybridized carbons (Fsp3) is 0.200. The number of nitro benzene ring substituents is 1. The molecule has 2 aromatic heterocycles. The number of nitrogens with one attached hydrogen (secondary N) is 4. The van der Waals surface area contributed by atoms with E-state index in [-0.39, 0.29) is 51.7 Å². The Kier molecular flexibility index (Phi) is 7.41. The van der Waals surface area contributed by atoms with Crippen LogP contribution in [0.3, 0.4) is 0 Å². The molecule has 7 N–H and O–H groups in total. The zero-order valence-electron chi connectivity index (χ0n) is 21.9. The molecule has 15 nitrogen and oxygen atoms in total. The van der Waals surface area contributed by atoms with Gasteiger partial charge in [0.05, 0.1) is 35.6 Å². The van der Waals surface area contributed by atoms with Gasteiger partial charge < -0.3 is 36.4 Å². The summed E-state index contributed by atoms with van der Waals surface area (Å²) < 4.78 is 1.56. The predicted molar refractivity (Wildman–Crippen MR) is 145 cm³/mol. The SMILES string of the molecule is Cn1c(C(=O)NC2=C[N+](C)(C)C(C(=O)Nc3cc[nH]c3C(=O)NCCC(N)=NO)=C2)cc2c([N+](=O)[O-])cccc21. The molecule has 0 bridgehead atoms. The number of nitrogens with two attached hydrogens (primary N) is 1. The Morgan fingerprint density at radius 2 is 1.93 bits per heavy atom. The minimum atomic E-state index is -0.506. The number of aromatic amines is 1. The first-order valence-corrected chi connectivity index (χ1v) is 12.0. The van der Waals surface area contributed by atoms with Gasteiger partial charge in [-0.1, -0.05) is 11.2 Å². The number of rotatable bonds is 9. The van der Waals surface area contributed by atoms with E-state index in [1.807, 2.05) is 0 Å². The van der Waals surface area contributed by atoms with Crippen molar-refractivity contribution >= 4 is 45.8 Å². The molecule has 1 aliphatic heterocycles. The number of likely N-dealkylation sites (N-methyl/N-ethyl adjacent to an activating group) is 1. The molecule has 1 aliphatic rings. The third-order valence-corrected chi connectivity index (χ3v) is 6.38. The van der Waals surface area contributed by atoms with Crippen LogP contribution in [-0.4, -0.2) is 68.4 Å². The topological polar surface area (TPSA) is 210 Å². The number of aromatic nitrogens is 2. The largest absolute Gasteiger partial charge is 0.409 e. The van der Waals surface area contributed by atoms with Crippen LogP contribution < -0.4 is 21.7 Å². The van der Waals surface area contributed by atoms with Crippen molar-refractivity contribution in [3.05, 3.63) is 81.7 Å². The van der Waals surface area contributed by atoms with Crippen LogP contribution in [0.5, 0.6) is 0 Å². The minimum Gasteiger partial charge on any atom is -0.409 e. The Morgan fingerprint density at radius 1 is 1.18 bits per heavy atom. The molecule has 3 amide bonds. The number of hydrogen-bond donors (Lipinski definition) is 6.